The van der Waals surface area contributed by atoms with Crippen molar-refractivity contribution < 1.29 is 19.5 Å². The Morgan fingerprint density at radius 2 is 0.800 bits per heavy atom. The molecular formula is C2N2Rh. The van der Waals surface area contributed by atoms with Gasteiger partial charge in [-0.05, 0) is 0 Å². The Balaban J connectivity index is -0.0000000133. The fourth-order valence-electron chi connectivity index (χ4n) is 0. The van der Waals surface area contributed by atoms with E-state index >= 15 is 0 Å². The molecule has 0 rings (SSSR count). The first-order chi connectivity index (χ1) is 2.00. The van der Waals surface area contributed by atoms with Crippen molar-refractivity contribution in [2.75, 3.05) is 0 Å². The number of hydrogen-bond donors (Lipinski definition) is 0. The molecule has 27 valence electrons. The van der Waals surface area contributed by atoms with Gasteiger partial charge < -0.3 is 23.7 Å². The van der Waals surface area contributed by atoms with Crippen LogP contribution in [0.2, 0.25) is 0 Å². The van der Waals surface area contributed by atoms with E-state index in [0.717, 1.165) is 0 Å². The third-order valence-electron chi connectivity index (χ3n) is 0. The molecule has 0 aromatic rings. The summed E-state index contributed by atoms with van der Waals surface area (Å²) in [7, 11) is 0. The topological polar surface area (TPSA) is 47.6 Å². The van der Waals surface area contributed by atoms with Gasteiger partial charge in [-0.3, -0.25) is 0 Å². The molecule has 0 aliphatic heterocycles. The van der Waals surface area contributed by atoms with Crippen LogP contribution in [-0.4, -0.2) is 0 Å². The van der Waals surface area contributed by atoms with Crippen molar-refractivity contribution in [3.8, 4) is 0 Å². The summed E-state index contributed by atoms with van der Waals surface area (Å²) >= 11 is 0. The molecule has 2 nitrogen and oxygen atoms in total. The first-order valence-corrected chi connectivity index (χ1v) is 0.447. The van der Waals surface area contributed by atoms with E-state index in [2.05, 4.69) is 0 Å². The Labute approximate surface area is 43.8 Å². The van der Waals surface area contributed by atoms with E-state index < -0.39 is 0 Å². The molecule has 0 bridgehead atoms. The molecule has 0 aliphatic carbocycles. The zero-order valence-corrected chi connectivity index (χ0v) is 3.87. The summed E-state index contributed by atoms with van der Waals surface area (Å²) in [5.41, 5.74) is 0. The number of rotatable bonds is 0. The average Bonchev–Trinajstić information content (AvgIpc) is 1.50. The maximum Gasteiger partial charge on any atom is 2.00 e. The smallest absolute Gasteiger partial charge is 0.512 e. The molecule has 0 heterocycles. The fourth-order valence-corrected chi connectivity index (χ4v) is 0. The molecular weight excluding hydrogens is 155 g/mol. The second-order valence-corrected chi connectivity index (χ2v) is 0. The zero-order valence-electron chi connectivity index (χ0n) is 2.23. The Morgan fingerprint density at radius 1 is 0.800 bits per heavy atom. The minimum atomic E-state index is 0. The summed E-state index contributed by atoms with van der Waals surface area (Å²) in [6.45, 7) is 9.50. The standard InChI is InChI=1S/2CN.Rh/c2*1-2;/q2*-1;+2. The van der Waals surface area contributed by atoms with Crippen molar-refractivity contribution in [1.82, 2.24) is 0 Å². The third kappa shape index (κ3) is 58.9. The van der Waals surface area contributed by atoms with Crippen molar-refractivity contribution >= 4 is 0 Å². The summed E-state index contributed by atoms with van der Waals surface area (Å²) in [4.78, 5) is 0. The Bertz CT molecular complexity index is 23.1. The van der Waals surface area contributed by atoms with E-state index in [1.807, 2.05) is 0 Å². The molecule has 0 aromatic carbocycles. The predicted octanol–water partition coefficient (Wildman–Crippen LogP) is 0.190. The second kappa shape index (κ2) is 155. The molecule has 3 heteroatoms. The van der Waals surface area contributed by atoms with Crippen LogP contribution in [-0.2, 0) is 19.5 Å². The largest absolute Gasteiger partial charge is 2.00 e. The summed E-state index contributed by atoms with van der Waals surface area (Å²) in [5, 5.41) is 12.5. The molecule has 0 spiro atoms. The summed E-state index contributed by atoms with van der Waals surface area (Å²) in [5.74, 6) is 0. The second-order valence-electron chi connectivity index (χ2n) is 0. The van der Waals surface area contributed by atoms with Gasteiger partial charge in [-0.1, -0.05) is 0 Å². The van der Waals surface area contributed by atoms with Gasteiger partial charge in [0, 0.05) is 0 Å². The van der Waals surface area contributed by atoms with E-state index in [0.29, 0.717) is 0 Å². The molecule has 0 fully saturated rings. The van der Waals surface area contributed by atoms with Crippen LogP contribution in [0.15, 0.2) is 0 Å². The van der Waals surface area contributed by atoms with Crippen molar-refractivity contribution in [3.63, 3.8) is 0 Å². The predicted molar refractivity (Wildman–Crippen MR) is 9.94 cm³/mol. The van der Waals surface area contributed by atoms with Crippen molar-refractivity contribution in [1.29, 1.82) is 10.5 Å². The molecule has 0 unspecified atom stereocenters. The van der Waals surface area contributed by atoms with Gasteiger partial charge in [0.2, 0.25) is 0 Å². The molecule has 0 amide bonds. The van der Waals surface area contributed by atoms with Crippen LogP contribution < -0.4 is 0 Å². The van der Waals surface area contributed by atoms with Crippen molar-refractivity contribution in [2.45, 2.75) is 0 Å². The van der Waals surface area contributed by atoms with Gasteiger partial charge in [-0.2, -0.15) is 0 Å². The van der Waals surface area contributed by atoms with Crippen LogP contribution in [0.5, 0.6) is 0 Å². The normalized spacial score (nSPS) is 0.800. The Hall–Kier alpha value is -0.397. The quantitative estimate of drug-likeness (QED) is 0.370. The van der Waals surface area contributed by atoms with Gasteiger partial charge in [0.15, 0.2) is 0 Å². The van der Waals surface area contributed by atoms with Crippen molar-refractivity contribution in [2.24, 2.45) is 0 Å². The number of nitrogens with zero attached hydrogens (tertiary/aromatic N) is 2. The third-order valence-corrected chi connectivity index (χ3v) is 0. The molecule has 5 heavy (non-hydrogen) atoms. The summed E-state index contributed by atoms with van der Waals surface area (Å²) < 4.78 is 0. The molecule has 1 radical (unpaired) electrons. The SMILES string of the molecule is [C-]#N.[C-]#N.[Rh+2]. The van der Waals surface area contributed by atoms with Gasteiger partial charge in [0.05, 0.1) is 0 Å². The first-order valence-electron chi connectivity index (χ1n) is 0.447. The summed E-state index contributed by atoms with van der Waals surface area (Å²) in [6, 6.07) is 0. The minimum Gasteiger partial charge on any atom is -0.512 e. The van der Waals surface area contributed by atoms with Crippen molar-refractivity contribution in [3.05, 3.63) is 13.1 Å². The molecule has 0 N–H and O–H groups in total. The van der Waals surface area contributed by atoms with Gasteiger partial charge in [-0.15, -0.1) is 0 Å². The van der Waals surface area contributed by atoms with Gasteiger partial charge in [0.25, 0.3) is 0 Å². The van der Waals surface area contributed by atoms with E-state index in [1.54, 1.807) is 0 Å². The van der Waals surface area contributed by atoms with Crippen LogP contribution in [0.3, 0.4) is 0 Å². The van der Waals surface area contributed by atoms with Crippen LogP contribution in [0.1, 0.15) is 0 Å². The van der Waals surface area contributed by atoms with Crippen LogP contribution >= 0.6 is 0 Å². The Kier molecular flexibility index (Phi) is 722. The monoisotopic (exact) mass is 155 g/mol. The number of hydrogen-bond acceptors (Lipinski definition) is 2. The van der Waals surface area contributed by atoms with Gasteiger partial charge in [-0.25, -0.2) is 0 Å². The molecule has 0 saturated heterocycles. The maximum atomic E-state index is 6.25. The van der Waals surface area contributed by atoms with E-state index in [1.165, 1.54) is 0 Å². The molecule has 0 aliphatic rings. The zero-order chi connectivity index (χ0) is 4.00. The molecule has 0 aromatic heterocycles. The average molecular weight is 155 g/mol. The Morgan fingerprint density at radius 3 is 0.800 bits per heavy atom. The van der Waals surface area contributed by atoms with Crippen LogP contribution in [0, 0.1) is 23.7 Å². The maximum absolute atomic E-state index is 6.25. The molecule has 0 saturated carbocycles. The van der Waals surface area contributed by atoms with Gasteiger partial charge >= 0.3 is 19.5 Å². The van der Waals surface area contributed by atoms with E-state index in [-0.39, 0.29) is 19.5 Å². The van der Waals surface area contributed by atoms with E-state index in [4.69, 9.17) is 23.7 Å². The first kappa shape index (κ1) is 23.3. The van der Waals surface area contributed by atoms with Gasteiger partial charge in [0.1, 0.15) is 0 Å². The minimum absolute atomic E-state index is 0. The van der Waals surface area contributed by atoms with Crippen LogP contribution in [0.25, 0.3) is 0 Å². The van der Waals surface area contributed by atoms with Crippen LogP contribution in [0.4, 0.5) is 0 Å². The van der Waals surface area contributed by atoms with E-state index in [9.17, 15) is 0 Å². The fraction of sp³-hybridized carbons (Fsp3) is 0. The summed E-state index contributed by atoms with van der Waals surface area (Å²) in [6.07, 6.45) is 0. The molecule has 0 atom stereocenters.